The van der Waals surface area contributed by atoms with E-state index in [-0.39, 0.29) is 23.5 Å². The monoisotopic (exact) mass is 240 g/mol. The summed E-state index contributed by atoms with van der Waals surface area (Å²) < 4.78 is 20.1. The van der Waals surface area contributed by atoms with Crippen LogP contribution in [0.2, 0.25) is 6.04 Å². The van der Waals surface area contributed by atoms with Crippen molar-refractivity contribution in [2.75, 3.05) is 27.9 Å². The van der Waals surface area contributed by atoms with E-state index in [1.54, 1.807) is 0 Å². The Morgan fingerprint density at radius 2 is 1.57 bits per heavy atom. The van der Waals surface area contributed by atoms with E-state index < -0.39 is 8.80 Å². The molecule has 0 rings (SSSR count). The molecule has 0 aromatic carbocycles. The van der Waals surface area contributed by atoms with Gasteiger partial charge in [-0.1, -0.05) is 0 Å². The maximum atomic E-state index is 10.5. The van der Waals surface area contributed by atoms with Gasteiger partial charge in [0, 0.05) is 28.3 Å². The summed E-state index contributed by atoms with van der Waals surface area (Å²) in [7, 11) is 2.00. The molecule has 7 heteroatoms. The molecule has 14 heavy (non-hydrogen) atoms. The zero-order chi connectivity index (χ0) is 10.3. The van der Waals surface area contributed by atoms with E-state index in [0.717, 1.165) is 0 Å². The molecule has 0 atom stereocenters. The highest BCUT2D eigenvalue weighted by Crippen LogP contribution is 2.11. The van der Waals surface area contributed by atoms with E-state index in [2.05, 4.69) is 0 Å². The quantitative estimate of drug-likeness (QED) is 0.439. The lowest BCUT2D eigenvalue weighted by Crippen LogP contribution is -2.43. The van der Waals surface area contributed by atoms with E-state index in [1.807, 2.05) is 0 Å². The topological polar surface area (TPSA) is 54.0 Å². The highest BCUT2D eigenvalue weighted by Gasteiger charge is 2.37. The molecule has 0 radical (unpaired) electrons. The molecular formula is C7H20O5Si2. The second kappa shape index (κ2) is 8.12. The van der Waals surface area contributed by atoms with Crippen LogP contribution in [0.1, 0.15) is 6.92 Å². The summed E-state index contributed by atoms with van der Waals surface area (Å²) in [5.74, 6) is -0.314. The molecule has 0 fully saturated rings. The lowest BCUT2D eigenvalue weighted by Gasteiger charge is -2.23. The van der Waals surface area contributed by atoms with E-state index in [0.29, 0.717) is 6.04 Å². The minimum atomic E-state index is -2.56. The molecular weight excluding hydrogens is 220 g/mol. The normalized spacial score (nSPS) is 10.6. The van der Waals surface area contributed by atoms with Gasteiger partial charge < -0.3 is 18.0 Å². The van der Waals surface area contributed by atoms with Crippen LogP contribution in [0.5, 0.6) is 0 Å². The fourth-order valence-electron chi connectivity index (χ4n) is 0.876. The van der Waals surface area contributed by atoms with Crippen LogP contribution in [0.15, 0.2) is 0 Å². The Hall–Kier alpha value is -0.216. The molecule has 0 heterocycles. The molecule has 0 aromatic heterocycles. The highest BCUT2D eigenvalue weighted by atomic mass is 28.4. The Bertz CT molecular complexity index is 152. The third kappa shape index (κ3) is 5.50. The zero-order valence-electron chi connectivity index (χ0n) is 8.46. The molecule has 0 saturated heterocycles. The summed E-state index contributed by atoms with van der Waals surface area (Å²) in [6.45, 7) is 1.62. The van der Waals surface area contributed by atoms with E-state index in [4.69, 9.17) is 18.0 Å². The first kappa shape index (κ1) is 16.2. The number of carbonyl (C=O) groups excluding carboxylic acids is 1. The molecule has 0 bridgehead atoms. The van der Waals surface area contributed by atoms with Gasteiger partial charge in [0.2, 0.25) is 0 Å². The van der Waals surface area contributed by atoms with E-state index >= 15 is 0 Å². The Balaban J connectivity index is 0. The molecule has 0 saturated carbocycles. The number of rotatable bonds is 6. The summed E-state index contributed by atoms with van der Waals surface area (Å²) in [4.78, 5) is 10.5. The second-order valence-corrected chi connectivity index (χ2v) is 5.48. The number of esters is 1. The molecule has 5 nitrogen and oxygen atoms in total. The van der Waals surface area contributed by atoms with Crippen molar-refractivity contribution in [3.63, 3.8) is 0 Å². The number of carbonyl (C=O) groups is 1. The maximum Gasteiger partial charge on any atom is 0.503 e. The summed E-state index contributed by atoms with van der Waals surface area (Å²) >= 11 is 0. The number of ether oxygens (including phenoxy) is 1. The maximum absolute atomic E-state index is 10.5. The Morgan fingerprint density at radius 1 is 1.14 bits per heavy atom. The lowest BCUT2D eigenvalue weighted by atomic mass is 10.8. The molecule has 0 aliphatic heterocycles. The molecule has 0 spiro atoms. The highest BCUT2D eigenvalue weighted by molar-refractivity contribution is 6.60. The molecule has 0 aliphatic rings. The summed E-state index contributed by atoms with van der Waals surface area (Å²) in [6.07, 6.45) is 0. The van der Waals surface area contributed by atoms with Crippen molar-refractivity contribution in [1.29, 1.82) is 0 Å². The van der Waals surface area contributed by atoms with Gasteiger partial charge in [-0.25, -0.2) is 0 Å². The largest absolute Gasteiger partial charge is 0.503 e. The van der Waals surface area contributed by atoms with E-state index in [9.17, 15) is 4.79 Å². The van der Waals surface area contributed by atoms with Crippen molar-refractivity contribution in [3.05, 3.63) is 0 Å². The molecule has 86 valence electrons. The smallest absolute Gasteiger partial charge is 0.466 e. The van der Waals surface area contributed by atoms with Crippen molar-refractivity contribution >= 4 is 25.7 Å². The SMILES string of the molecule is CO[Si](CCOC(C)=O)(OC)OC.[SiH4]. The van der Waals surface area contributed by atoms with Gasteiger partial charge in [-0.15, -0.1) is 0 Å². The average Bonchev–Trinajstić information content (AvgIpc) is 2.13. The van der Waals surface area contributed by atoms with Gasteiger partial charge in [-0.3, -0.25) is 4.79 Å². The standard InChI is InChI=1S/C7H16O5Si.H4Si/c1-7(8)12-5-6-13(9-2,10-3)11-4;/h5-6H2,1-4H3;1H4. The zero-order valence-corrected chi connectivity index (χ0v) is 9.46. The van der Waals surface area contributed by atoms with Crippen molar-refractivity contribution in [1.82, 2.24) is 0 Å². The van der Waals surface area contributed by atoms with Gasteiger partial charge in [0.1, 0.15) is 0 Å². The Kier molecular flexibility index (Phi) is 9.41. The minimum Gasteiger partial charge on any atom is -0.466 e. The molecule has 0 N–H and O–H groups in total. The van der Waals surface area contributed by atoms with Gasteiger partial charge in [-0.05, 0) is 11.0 Å². The summed E-state index contributed by atoms with van der Waals surface area (Å²) in [5.41, 5.74) is 0. The third-order valence-corrected chi connectivity index (χ3v) is 4.33. The predicted molar refractivity (Wildman–Crippen MR) is 59.6 cm³/mol. The van der Waals surface area contributed by atoms with Crippen LogP contribution < -0.4 is 0 Å². The van der Waals surface area contributed by atoms with Crippen molar-refractivity contribution in [3.8, 4) is 0 Å². The molecule has 0 aromatic rings. The van der Waals surface area contributed by atoms with Crippen molar-refractivity contribution in [2.24, 2.45) is 0 Å². The Labute approximate surface area is 90.1 Å². The first-order valence-electron chi connectivity index (χ1n) is 3.89. The summed E-state index contributed by atoms with van der Waals surface area (Å²) in [6, 6.07) is 0.468. The van der Waals surface area contributed by atoms with Crippen LogP contribution >= 0.6 is 0 Å². The van der Waals surface area contributed by atoms with Gasteiger partial charge >= 0.3 is 14.8 Å². The lowest BCUT2D eigenvalue weighted by molar-refractivity contribution is -0.140. The minimum absolute atomic E-state index is 0. The Morgan fingerprint density at radius 3 is 1.86 bits per heavy atom. The third-order valence-electron chi connectivity index (χ3n) is 1.65. The first-order chi connectivity index (χ1) is 6.10. The van der Waals surface area contributed by atoms with Crippen LogP contribution in [0, 0.1) is 0 Å². The predicted octanol–water partition coefficient (Wildman–Crippen LogP) is -1.02. The van der Waals surface area contributed by atoms with Crippen LogP contribution in [0.3, 0.4) is 0 Å². The van der Waals surface area contributed by atoms with E-state index in [1.165, 1.54) is 28.3 Å². The van der Waals surface area contributed by atoms with Gasteiger partial charge in [-0.2, -0.15) is 0 Å². The van der Waals surface area contributed by atoms with Crippen LogP contribution in [-0.4, -0.2) is 53.7 Å². The molecule has 0 aliphatic carbocycles. The van der Waals surface area contributed by atoms with Crippen LogP contribution in [-0.2, 0) is 22.8 Å². The van der Waals surface area contributed by atoms with Gasteiger partial charge in [0.15, 0.2) is 0 Å². The van der Waals surface area contributed by atoms with Crippen molar-refractivity contribution in [2.45, 2.75) is 13.0 Å². The van der Waals surface area contributed by atoms with Gasteiger partial charge in [0.05, 0.1) is 12.7 Å². The van der Waals surface area contributed by atoms with Gasteiger partial charge in [0.25, 0.3) is 0 Å². The molecule has 0 amide bonds. The van der Waals surface area contributed by atoms with Crippen LogP contribution in [0.4, 0.5) is 0 Å². The van der Waals surface area contributed by atoms with Crippen molar-refractivity contribution < 1.29 is 22.8 Å². The first-order valence-corrected chi connectivity index (χ1v) is 5.82. The van der Waals surface area contributed by atoms with Crippen LogP contribution in [0.25, 0.3) is 0 Å². The molecule has 0 unspecified atom stereocenters. The average molecular weight is 240 g/mol. The second-order valence-electron chi connectivity index (χ2n) is 2.39. The fourth-order valence-corrected chi connectivity index (χ4v) is 2.34. The summed E-state index contributed by atoms with van der Waals surface area (Å²) in [5, 5.41) is 0. The number of hydrogen-bond donors (Lipinski definition) is 0. The number of hydrogen-bond acceptors (Lipinski definition) is 5. The fraction of sp³-hybridized carbons (Fsp3) is 0.857.